The fraction of sp³-hybridized carbons (Fsp3) is 0.667. The molecule has 0 saturated carbocycles. The Morgan fingerprint density at radius 1 is 1.38 bits per heavy atom. The molecular formula is C12H20BrN3. The van der Waals surface area contributed by atoms with Crippen LogP contribution < -0.4 is 5.32 Å². The van der Waals surface area contributed by atoms with Crippen molar-refractivity contribution in [1.29, 1.82) is 0 Å². The van der Waals surface area contributed by atoms with E-state index in [1.807, 2.05) is 6.07 Å². The third kappa shape index (κ3) is 4.47. The van der Waals surface area contributed by atoms with Crippen LogP contribution in [0.1, 0.15) is 45.9 Å². The van der Waals surface area contributed by atoms with E-state index in [-0.39, 0.29) is 0 Å². The molecule has 1 aromatic heterocycles. The Morgan fingerprint density at radius 3 is 2.75 bits per heavy atom. The lowest BCUT2D eigenvalue weighted by molar-refractivity contribution is 0.642. The van der Waals surface area contributed by atoms with Gasteiger partial charge in [0.25, 0.3) is 0 Å². The summed E-state index contributed by atoms with van der Waals surface area (Å²) in [5, 5.41) is 3.41. The summed E-state index contributed by atoms with van der Waals surface area (Å²) in [6.07, 6.45) is 4.53. The molecule has 1 N–H and O–H groups in total. The summed E-state index contributed by atoms with van der Waals surface area (Å²) < 4.78 is 0.851. The maximum absolute atomic E-state index is 4.45. The molecule has 1 atom stereocenters. The third-order valence-electron chi connectivity index (χ3n) is 2.44. The molecule has 1 aromatic rings. The topological polar surface area (TPSA) is 37.8 Å². The number of nitrogens with one attached hydrogen (secondary N) is 1. The van der Waals surface area contributed by atoms with E-state index in [4.69, 9.17) is 0 Å². The Morgan fingerprint density at radius 2 is 2.12 bits per heavy atom. The minimum atomic E-state index is 0.464. The van der Waals surface area contributed by atoms with E-state index in [2.05, 4.69) is 52.0 Å². The number of rotatable bonds is 6. The van der Waals surface area contributed by atoms with E-state index in [1.54, 1.807) is 0 Å². The second-order valence-corrected chi connectivity index (χ2v) is 4.85. The Hall–Kier alpha value is -0.640. The van der Waals surface area contributed by atoms with Crippen molar-refractivity contribution in [2.45, 2.75) is 52.5 Å². The normalized spacial score (nSPS) is 12.5. The van der Waals surface area contributed by atoms with Gasteiger partial charge in [0, 0.05) is 18.5 Å². The predicted molar refractivity (Wildman–Crippen MR) is 71.7 cm³/mol. The maximum atomic E-state index is 4.45. The highest BCUT2D eigenvalue weighted by atomic mass is 79.9. The van der Waals surface area contributed by atoms with Gasteiger partial charge in [0.1, 0.15) is 16.2 Å². The molecule has 0 radical (unpaired) electrons. The Labute approximate surface area is 106 Å². The Bertz CT molecular complexity index is 328. The molecule has 0 aromatic carbocycles. The fourth-order valence-corrected chi connectivity index (χ4v) is 1.95. The van der Waals surface area contributed by atoms with Gasteiger partial charge in [-0.3, -0.25) is 0 Å². The first kappa shape index (κ1) is 13.4. The molecule has 3 nitrogen and oxygen atoms in total. The zero-order valence-corrected chi connectivity index (χ0v) is 11.8. The van der Waals surface area contributed by atoms with E-state index in [1.165, 1.54) is 19.3 Å². The van der Waals surface area contributed by atoms with Gasteiger partial charge in [-0.1, -0.05) is 26.7 Å². The first-order valence-electron chi connectivity index (χ1n) is 5.95. The van der Waals surface area contributed by atoms with Crippen LogP contribution >= 0.6 is 15.9 Å². The standard InChI is InChI=1S/C12H20BrN3/c1-4-6-7-9(3)14-12-8-10(13)15-11(5-2)16-12/h8-9H,4-7H2,1-3H3,(H,14,15,16). The van der Waals surface area contributed by atoms with Gasteiger partial charge >= 0.3 is 0 Å². The lowest BCUT2D eigenvalue weighted by Gasteiger charge is -2.14. The maximum Gasteiger partial charge on any atom is 0.131 e. The van der Waals surface area contributed by atoms with Crippen molar-refractivity contribution in [3.63, 3.8) is 0 Å². The van der Waals surface area contributed by atoms with Crippen LogP contribution in [0.5, 0.6) is 0 Å². The second-order valence-electron chi connectivity index (χ2n) is 4.03. The quantitative estimate of drug-likeness (QED) is 0.808. The molecule has 16 heavy (non-hydrogen) atoms. The average molecular weight is 286 g/mol. The van der Waals surface area contributed by atoms with Crippen LogP contribution in [-0.4, -0.2) is 16.0 Å². The monoisotopic (exact) mass is 285 g/mol. The van der Waals surface area contributed by atoms with Crippen LogP contribution in [-0.2, 0) is 6.42 Å². The van der Waals surface area contributed by atoms with Crippen molar-refractivity contribution >= 4 is 21.7 Å². The summed E-state index contributed by atoms with van der Waals surface area (Å²) in [5.74, 6) is 1.79. The molecular weight excluding hydrogens is 266 g/mol. The van der Waals surface area contributed by atoms with Gasteiger partial charge in [-0.05, 0) is 29.3 Å². The minimum absolute atomic E-state index is 0.464. The lowest BCUT2D eigenvalue weighted by Crippen LogP contribution is -2.16. The number of nitrogens with zero attached hydrogens (tertiary/aromatic N) is 2. The highest BCUT2D eigenvalue weighted by Crippen LogP contribution is 2.14. The highest BCUT2D eigenvalue weighted by Gasteiger charge is 2.05. The van der Waals surface area contributed by atoms with Crippen molar-refractivity contribution < 1.29 is 0 Å². The smallest absolute Gasteiger partial charge is 0.131 e. The zero-order chi connectivity index (χ0) is 12.0. The fourth-order valence-electron chi connectivity index (χ4n) is 1.53. The molecule has 0 bridgehead atoms. The Balaban J connectivity index is 2.61. The summed E-state index contributed by atoms with van der Waals surface area (Å²) in [4.78, 5) is 8.74. The molecule has 0 aliphatic carbocycles. The first-order chi connectivity index (χ1) is 7.65. The number of unbranched alkanes of at least 4 members (excludes halogenated alkanes) is 1. The predicted octanol–water partition coefficient (Wildman–Crippen LogP) is 3.79. The molecule has 90 valence electrons. The van der Waals surface area contributed by atoms with Gasteiger partial charge < -0.3 is 5.32 Å². The van der Waals surface area contributed by atoms with Gasteiger partial charge in [0.15, 0.2) is 0 Å². The van der Waals surface area contributed by atoms with Crippen LogP contribution in [0.25, 0.3) is 0 Å². The molecule has 0 aliphatic heterocycles. The van der Waals surface area contributed by atoms with Crippen LogP contribution in [0.4, 0.5) is 5.82 Å². The van der Waals surface area contributed by atoms with Crippen LogP contribution in [0.2, 0.25) is 0 Å². The summed E-state index contributed by atoms with van der Waals surface area (Å²) in [6.45, 7) is 6.46. The molecule has 0 fully saturated rings. The van der Waals surface area contributed by atoms with E-state index in [0.29, 0.717) is 6.04 Å². The van der Waals surface area contributed by atoms with Crippen molar-refractivity contribution in [2.24, 2.45) is 0 Å². The zero-order valence-electron chi connectivity index (χ0n) is 10.3. The molecule has 1 heterocycles. The van der Waals surface area contributed by atoms with Gasteiger partial charge in [0.2, 0.25) is 0 Å². The van der Waals surface area contributed by atoms with Crippen LogP contribution in [0, 0.1) is 0 Å². The van der Waals surface area contributed by atoms with Gasteiger partial charge in [-0.15, -0.1) is 0 Å². The minimum Gasteiger partial charge on any atom is -0.367 e. The van der Waals surface area contributed by atoms with Crippen molar-refractivity contribution in [3.8, 4) is 0 Å². The lowest BCUT2D eigenvalue weighted by atomic mass is 10.1. The van der Waals surface area contributed by atoms with E-state index < -0.39 is 0 Å². The van der Waals surface area contributed by atoms with Gasteiger partial charge in [0.05, 0.1) is 0 Å². The number of anilines is 1. The SMILES string of the molecule is CCCCC(C)Nc1cc(Br)nc(CC)n1. The number of hydrogen-bond donors (Lipinski definition) is 1. The van der Waals surface area contributed by atoms with E-state index in [9.17, 15) is 0 Å². The molecule has 0 amide bonds. The van der Waals surface area contributed by atoms with Crippen molar-refractivity contribution in [2.75, 3.05) is 5.32 Å². The first-order valence-corrected chi connectivity index (χ1v) is 6.75. The molecule has 0 saturated heterocycles. The second kappa shape index (κ2) is 6.84. The van der Waals surface area contributed by atoms with Gasteiger partial charge in [-0.25, -0.2) is 9.97 Å². The van der Waals surface area contributed by atoms with Crippen LogP contribution in [0.3, 0.4) is 0 Å². The summed E-state index contributed by atoms with van der Waals surface area (Å²) in [6, 6.07) is 2.40. The number of aromatic nitrogens is 2. The molecule has 0 spiro atoms. The highest BCUT2D eigenvalue weighted by molar-refractivity contribution is 9.10. The molecule has 4 heteroatoms. The molecule has 0 aliphatic rings. The number of halogens is 1. The van der Waals surface area contributed by atoms with E-state index >= 15 is 0 Å². The molecule has 1 unspecified atom stereocenters. The number of hydrogen-bond acceptors (Lipinski definition) is 3. The largest absolute Gasteiger partial charge is 0.367 e. The van der Waals surface area contributed by atoms with Crippen molar-refractivity contribution in [3.05, 3.63) is 16.5 Å². The Kier molecular flexibility index (Phi) is 5.74. The van der Waals surface area contributed by atoms with Crippen molar-refractivity contribution in [1.82, 2.24) is 9.97 Å². The van der Waals surface area contributed by atoms with E-state index in [0.717, 1.165) is 22.7 Å². The summed E-state index contributed by atoms with van der Waals surface area (Å²) in [5.41, 5.74) is 0. The third-order valence-corrected chi connectivity index (χ3v) is 2.85. The summed E-state index contributed by atoms with van der Waals surface area (Å²) >= 11 is 3.41. The molecule has 1 rings (SSSR count). The number of aryl methyl sites for hydroxylation is 1. The van der Waals surface area contributed by atoms with Gasteiger partial charge in [-0.2, -0.15) is 0 Å². The van der Waals surface area contributed by atoms with Crippen LogP contribution in [0.15, 0.2) is 10.7 Å². The average Bonchev–Trinajstić information content (AvgIpc) is 2.25. The summed E-state index contributed by atoms with van der Waals surface area (Å²) in [7, 11) is 0.